The molecular formula is C17H34N2O3. The van der Waals surface area contributed by atoms with Crippen LogP contribution in [0.2, 0.25) is 0 Å². The van der Waals surface area contributed by atoms with Crippen LogP contribution >= 0.6 is 0 Å². The highest BCUT2D eigenvalue weighted by atomic mass is 16.5. The smallest absolute Gasteiger partial charge is 0.0900 e. The maximum atomic E-state index is 10.3. The van der Waals surface area contributed by atoms with Crippen molar-refractivity contribution < 1.29 is 14.6 Å². The van der Waals surface area contributed by atoms with Gasteiger partial charge in [0.2, 0.25) is 0 Å². The number of ether oxygens (including phenoxy) is 2. The molecule has 1 N–H and O–H groups in total. The van der Waals surface area contributed by atoms with Gasteiger partial charge < -0.3 is 24.4 Å². The quantitative estimate of drug-likeness (QED) is 0.765. The van der Waals surface area contributed by atoms with Crippen molar-refractivity contribution in [3.8, 4) is 0 Å². The lowest BCUT2D eigenvalue weighted by molar-refractivity contribution is -0.0670. The fraction of sp³-hybridized carbons (Fsp3) is 1.00. The normalized spacial score (nSPS) is 29.9. The van der Waals surface area contributed by atoms with Crippen LogP contribution in [0.1, 0.15) is 33.1 Å². The lowest BCUT2D eigenvalue weighted by atomic mass is 9.92. The molecule has 5 heteroatoms. The number of piperidine rings is 1. The Balaban J connectivity index is 1.68. The Morgan fingerprint density at radius 3 is 2.68 bits per heavy atom. The molecule has 130 valence electrons. The van der Waals surface area contributed by atoms with Crippen LogP contribution in [0.3, 0.4) is 0 Å². The van der Waals surface area contributed by atoms with Crippen LogP contribution in [0.15, 0.2) is 0 Å². The Bertz CT molecular complexity index is 310. The molecule has 2 heterocycles. The number of aliphatic hydroxyl groups is 1. The zero-order chi connectivity index (χ0) is 15.9. The first-order valence-corrected chi connectivity index (χ1v) is 8.90. The minimum Gasteiger partial charge on any atom is -0.389 e. The summed E-state index contributed by atoms with van der Waals surface area (Å²) in [5, 5.41) is 10.3. The van der Waals surface area contributed by atoms with Gasteiger partial charge in [0.05, 0.1) is 18.8 Å². The van der Waals surface area contributed by atoms with E-state index in [1.807, 2.05) is 0 Å². The van der Waals surface area contributed by atoms with Crippen molar-refractivity contribution in [3.63, 3.8) is 0 Å². The third-order valence-corrected chi connectivity index (χ3v) is 5.15. The molecule has 0 amide bonds. The first-order chi connectivity index (χ1) is 10.6. The Labute approximate surface area is 135 Å². The van der Waals surface area contributed by atoms with E-state index in [9.17, 15) is 5.11 Å². The zero-order valence-corrected chi connectivity index (χ0v) is 14.5. The zero-order valence-electron chi connectivity index (χ0n) is 14.5. The Hall–Kier alpha value is -0.200. The Morgan fingerprint density at radius 1 is 1.32 bits per heavy atom. The van der Waals surface area contributed by atoms with Crippen molar-refractivity contribution in [1.82, 2.24) is 9.80 Å². The molecular weight excluding hydrogens is 280 g/mol. The summed E-state index contributed by atoms with van der Waals surface area (Å²) in [4.78, 5) is 4.84. The molecule has 0 aromatic rings. The average Bonchev–Trinajstić information content (AvgIpc) is 2.53. The summed E-state index contributed by atoms with van der Waals surface area (Å²) in [5.41, 5.74) is 0. The van der Waals surface area contributed by atoms with Crippen molar-refractivity contribution in [3.05, 3.63) is 0 Å². The predicted molar refractivity (Wildman–Crippen MR) is 88.1 cm³/mol. The first kappa shape index (κ1) is 18.1. The largest absolute Gasteiger partial charge is 0.389 e. The lowest BCUT2D eigenvalue weighted by Gasteiger charge is -2.41. The SMILES string of the molecule is CCN1CCC(N(C)CC(O)COC2CCOCC2)C(C)C1. The molecule has 0 aromatic heterocycles. The van der Waals surface area contributed by atoms with Crippen molar-refractivity contribution >= 4 is 0 Å². The number of likely N-dealkylation sites (N-methyl/N-ethyl adjacent to an activating group) is 1. The number of nitrogens with zero attached hydrogens (tertiary/aromatic N) is 2. The molecule has 5 nitrogen and oxygen atoms in total. The van der Waals surface area contributed by atoms with E-state index in [1.54, 1.807) is 0 Å². The van der Waals surface area contributed by atoms with Gasteiger partial charge in [-0.3, -0.25) is 0 Å². The van der Waals surface area contributed by atoms with Gasteiger partial charge in [-0.15, -0.1) is 0 Å². The van der Waals surface area contributed by atoms with E-state index >= 15 is 0 Å². The van der Waals surface area contributed by atoms with Crippen molar-refractivity contribution in [1.29, 1.82) is 0 Å². The lowest BCUT2D eigenvalue weighted by Crippen LogP contribution is -2.50. The predicted octanol–water partition coefficient (Wildman–Crippen LogP) is 1.21. The molecule has 3 unspecified atom stereocenters. The number of hydrogen-bond donors (Lipinski definition) is 1. The molecule has 0 aromatic carbocycles. The van der Waals surface area contributed by atoms with Crippen LogP contribution in [-0.4, -0.2) is 86.2 Å². The van der Waals surface area contributed by atoms with Gasteiger partial charge in [-0.1, -0.05) is 13.8 Å². The highest BCUT2D eigenvalue weighted by Gasteiger charge is 2.29. The van der Waals surface area contributed by atoms with Gasteiger partial charge >= 0.3 is 0 Å². The molecule has 2 fully saturated rings. The van der Waals surface area contributed by atoms with E-state index in [0.717, 1.165) is 32.6 Å². The van der Waals surface area contributed by atoms with Gasteiger partial charge in [0.25, 0.3) is 0 Å². The summed E-state index contributed by atoms with van der Waals surface area (Å²) < 4.78 is 11.2. The van der Waals surface area contributed by atoms with Gasteiger partial charge in [0, 0.05) is 32.3 Å². The van der Waals surface area contributed by atoms with E-state index in [1.165, 1.54) is 19.5 Å². The molecule has 0 spiro atoms. The number of likely N-dealkylation sites (tertiary alicyclic amines) is 1. The molecule has 0 radical (unpaired) electrons. The van der Waals surface area contributed by atoms with Crippen LogP contribution in [0.5, 0.6) is 0 Å². The fourth-order valence-electron chi connectivity index (χ4n) is 3.77. The van der Waals surface area contributed by atoms with Crippen LogP contribution in [0, 0.1) is 5.92 Å². The van der Waals surface area contributed by atoms with Gasteiger partial charge in [0.1, 0.15) is 0 Å². The van der Waals surface area contributed by atoms with Gasteiger partial charge in [-0.25, -0.2) is 0 Å². The third-order valence-electron chi connectivity index (χ3n) is 5.15. The van der Waals surface area contributed by atoms with Gasteiger partial charge in [0.15, 0.2) is 0 Å². The number of rotatable bonds is 7. The molecule has 2 aliphatic rings. The molecule has 3 atom stereocenters. The summed E-state index contributed by atoms with van der Waals surface area (Å²) in [7, 11) is 2.14. The monoisotopic (exact) mass is 314 g/mol. The maximum Gasteiger partial charge on any atom is 0.0900 e. The summed E-state index contributed by atoms with van der Waals surface area (Å²) in [6.45, 7) is 10.7. The van der Waals surface area contributed by atoms with Gasteiger partial charge in [-0.05, 0) is 45.3 Å². The minimum atomic E-state index is -0.399. The minimum absolute atomic E-state index is 0.264. The summed E-state index contributed by atoms with van der Waals surface area (Å²) in [5.74, 6) is 0.655. The van der Waals surface area contributed by atoms with Gasteiger partial charge in [-0.2, -0.15) is 0 Å². The second-order valence-electron chi connectivity index (χ2n) is 6.96. The molecule has 0 saturated carbocycles. The van der Waals surface area contributed by atoms with Crippen LogP contribution in [0.25, 0.3) is 0 Å². The second kappa shape index (κ2) is 9.18. The first-order valence-electron chi connectivity index (χ1n) is 8.90. The van der Waals surface area contributed by atoms with Crippen molar-refractivity contribution in [2.45, 2.75) is 51.4 Å². The van der Waals surface area contributed by atoms with E-state index in [2.05, 4.69) is 30.7 Å². The van der Waals surface area contributed by atoms with Crippen molar-refractivity contribution in [2.75, 3.05) is 53.0 Å². The topological polar surface area (TPSA) is 45.2 Å². The summed E-state index contributed by atoms with van der Waals surface area (Å²) in [6, 6.07) is 0.570. The number of aliphatic hydroxyl groups excluding tert-OH is 1. The molecule has 0 bridgehead atoms. The molecule has 22 heavy (non-hydrogen) atoms. The van der Waals surface area contributed by atoms with E-state index in [4.69, 9.17) is 9.47 Å². The highest BCUT2D eigenvalue weighted by molar-refractivity contribution is 4.84. The fourth-order valence-corrected chi connectivity index (χ4v) is 3.77. The summed E-state index contributed by atoms with van der Waals surface area (Å²) in [6.07, 6.45) is 2.97. The average molecular weight is 314 g/mol. The Morgan fingerprint density at radius 2 is 2.05 bits per heavy atom. The van der Waals surface area contributed by atoms with E-state index < -0.39 is 6.10 Å². The number of hydrogen-bond acceptors (Lipinski definition) is 5. The second-order valence-corrected chi connectivity index (χ2v) is 6.96. The summed E-state index contributed by atoms with van der Waals surface area (Å²) >= 11 is 0. The van der Waals surface area contributed by atoms with Crippen LogP contribution < -0.4 is 0 Å². The third kappa shape index (κ3) is 5.46. The molecule has 2 aliphatic heterocycles. The van der Waals surface area contributed by atoms with E-state index in [-0.39, 0.29) is 6.10 Å². The molecule has 2 rings (SSSR count). The molecule has 0 aliphatic carbocycles. The standard InChI is InChI=1S/C17H34N2O3/c1-4-19-8-5-17(14(2)11-19)18(3)12-15(20)13-22-16-6-9-21-10-7-16/h14-17,20H,4-13H2,1-3H3. The Kier molecular flexibility index (Phi) is 7.57. The van der Waals surface area contributed by atoms with E-state index in [0.29, 0.717) is 25.1 Å². The maximum absolute atomic E-state index is 10.3. The van der Waals surface area contributed by atoms with Crippen LogP contribution in [0.4, 0.5) is 0 Å². The van der Waals surface area contributed by atoms with Crippen molar-refractivity contribution in [2.24, 2.45) is 5.92 Å². The molecule has 2 saturated heterocycles. The highest BCUT2D eigenvalue weighted by Crippen LogP contribution is 2.21. The van der Waals surface area contributed by atoms with Crippen LogP contribution in [-0.2, 0) is 9.47 Å².